The molecule has 58 valence electrons. The Morgan fingerprint density at radius 2 is 1.90 bits per heavy atom. The Kier molecular flexibility index (Phi) is 6.75. The first-order chi connectivity index (χ1) is 3.95. The smallest absolute Gasteiger partial charge is 0.385 e. The molecule has 3 N–H and O–H groups in total. The molecule has 0 saturated carbocycles. The maximum atomic E-state index is 9.86. The van der Waals surface area contributed by atoms with Crippen molar-refractivity contribution in [3.8, 4) is 0 Å². The quantitative estimate of drug-likeness (QED) is 0.519. The summed E-state index contributed by atoms with van der Waals surface area (Å²) in [6.07, 6.45) is 0. The van der Waals surface area contributed by atoms with Crippen LogP contribution >= 0.6 is 7.82 Å². The van der Waals surface area contributed by atoms with Crippen LogP contribution in [0.15, 0.2) is 0 Å². The van der Waals surface area contributed by atoms with Gasteiger partial charge in [-0.3, -0.25) is 9.79 Å². The van der Waals surface area contributed by atoms with Crippen LogP contribution < -0.4 is 0 Å². The zero-order valence-corrected chi connectivity index (χ0v) is 8.07. The van der Waals surface area contributed by atoms with Crippen LogP contribution in [-0.2, 0) is 40.1 Å². The van der Waals surface area contributed by atoms with Gasteiger partial charge in [0.2, 0.25) is 0 Å². The summed E-state index contributed by atoms with van der Waals surface area (Å²) in [4.78, 5) is 25.6. The SMILES string of the molecule is O=C(CO)OP(=O)(O)O.[Zr]. The molecular formula is C2H5O6PZr. The van der Waals surface area contributed by atoms with E-state index in [9.17, 15) is 9.36 Å². The van der Waals surface area contributed by atoms with Crippen LogP contribution in [0, 0.1) is 0 Å². The molecule has 0 aromatic carbocycles. The van der Waals surface area contributed by atoms with Gasteiger partial charge in [-0.05, 0) is 0 Å². The number of aliphatic hydroxyl groups is 1. The first kappa shape index (κ1) is 13.1. The molecule has 0 radical (unpaired) electrons. The van der Waals surface area contributed by atoms with Crippen molar-refractivity contribution in [3.05, 3.63) is 0 Å². The molecule has 0 aliphatic rings. The van der Waals surface area contributed by atoms with Crippen molar-refractivity contribution in [2.75, 3.05) is 6.61 Å². The van der Waals surface area contributed by atoms with Crippen molar-refractivity contribution < 1.29 is 55.0 Å². The zero-order chi connectivity index (χ0) is 7.49. The summed E-state index contributed by atoms with van der Waals surface area (Å²) < 4.78 is 13.1. The predicted octanol–water partition coefficient (Wildman–Crippen LogP) is -1.39. The molecule has 0 aromatic rings. The molecular weight excluding hydrogens is 242 g/mol. The maximum Gasteiger partial charge on any atom is 0.527 e. The standard InChI is InChI=1S/C2H5O6P.Zr/c3-1-2(4)8-9(5,6)7;/h3H,1H2,(H2,5,6,7);. The molecule has 8 heteroatoms. The Balaban J connectivity index is 0. The van der Waals surface area contributed by atoms with Crippen molar-refractivity contribution in [2.45, 2.75) is 0 Å². The fraction of sp³-hybridized carbons (Fsp3) is 0.500. The number of carbonyl (C=O) groups is 1. The molecule has 0 saturated heterocycles. The molecule has 0 spiro atoms. The van der Waals surface area contributed by atoms with Gasteiger partial charge < -0.3 is 9.63 Å². The van der Waals surface area contributed by atoms with E-state index in [-0.39, 0.29) is 26.2 Å². The van der Waals surface area contributed by atoms with Crippen LogP contribution in [0.4, 0.5) is 0 Å². The molecule has 6 nitrogen and oxygen atoms in total. The van der Waals surface area contributed by atoms with Gasteiger partial charge in [-0.1, -0.05) is 0 Å². The Morgan fingerprint density at radius 3 is 2.00 bits per heavy atom. The topological polar surface area (TPSA) is 104 Å². The van der Waals surface area contributed by atoms with E-state index in [1.165, 1.54) is 0 Å². The van der Waals surface area contributed by atoms with E-state index in [0.29, 0.717) is 0 Å². The first-order valence-electron chi connectivity index (χ1n) is 1.84. The van der Waals surface area contributed by atoms with E-state index in [2.05, 4.69) is 4.52 Å². The second kappa shape index (κ2) is 5.16. The van der Waals surface area contributed by atoms with E-state index >= 15 is 0 Å². The minimum Gasteiger partial charge on any atom is -0.385 e. The summed E-state index contributed by atoms with van der Waals surface area (Å²) in [7, 11) is -4.75. The molecule has 0 rings (SSSR count). The largest absolute Gasteiger partial charge is 0.527 e. The molecule has 0 fully saturated rings. The summed E-state index contributed by atoms with van der Waals surface area (Å²) >= 11 is 0. The Morgan fingerprint density at radius 1 is 1.50 bits per heavy atom. The van der Waals surface area contributed by atoms with Crippen LogP contribution in [0.1, 0.15) is 0 Å². The average molecular weight is 247 g/mol. The fourth-order valence-corrected chi connectivity index (χ4v) is 0.485. The molecule has 0 aliphatic heterocycles. The van der Waals surface area contributed by atoms with Crippen LogP contribution in [0.2, 0.25) is 0 Å². The van der Waals surface area contributed by atoms with Gasteiger partial charge in [0.25, 0.3) is 0 Å². The maximum absolute atomic E-state index is 9.86. The van der Waals surface area contributed by atoms with Gasteiger partial charge in [0, 0.05) is 26.2 Å². The Bertz CT molecular complexity index is 150. The number of hydrogen-bond donors (Lipinski definition) is 3. The molecule has 10 heavy (non-hydrogen) atoms. The van der Waals surface area contributed by atoms with Crippen LogP contribution in [0.25, 0.3) is 0 Å². The summed E-state index contributed by atoms with van der Waals surface area (Å²) in [6, 6.07) is 0. The Hall–Kier alpha value is 0.463. The molecule has 0 aromatic heterocycles. The van der Waals surface area contributed by atoms with Gasteiger partial charge >= 0.3 is 13.8 Å². The minimum atomic E-state index is -4.75. The van der Waals surface area contributed by atoms with Gasteiger partial charge in [0.15, 0.2) is 0 Å². The summed E-state index contributed by atoms with van der Waals surface area (Å²) in [5.41, 5.74) is 0. The number of phosphoric acid groups is 1. The average Bonchev–Trinajstić information content (AvgIpc) is 1.62. The number of carbonyl (C=O) groups excluding carboxylic acids is 1. The van der Waals surface area contributed by atoms with Gasteiger partial charge in [-0.2, -0.15) is 0 Å². The second-order valence-electron chi connectivity index (χ2n) is 1.11. The molecule has 0 amide bonds. The Labute approximate surface area is 75.6 Å². The number of aliphatic hydroxyl groups excluding tert-OH is 1. The van der Waals surface area contributed by atoms with Crippen molar-refractivity contribution in [1.29, 1.82) is 0 Å². The third kappa shape index (κ3) is 8.46. The van der Waals surface area contributed by atoms with E-state index in [4.69, 9.17) is 14.9 Å². The summed E-state index contributed by atoms with van der Waals surface area (Å²) in [5.74, 6) is -1.34. The van der Waals surface area contributed by atoms with Gasteiger partial charge in [0.05, 0.1) is 0 Å². The van der Waals surface area contributed by atoms with Crippen molar-refractivity contribution in [1.82, 2.24) is 0 Å². The van der Waals surface area contributed by atoms with E-state index < -0.39 is 20.4 Å². The summed E-state index contributed by atoms with van der Waals surface area (Å²) in [5, 5.41) is 7.88. The van der Waals surface area contributed by atoms with Crippen molar-refractivity contribution >= 4 is 13.8 Å². The van der Waals surface area contributed by atoms with Crippen LogP contribution in [0.5, 0.6) is 0 Å². The molecule has 0 heterocycles. The molecule has 0 aliphatic carbocycles. The third-order valence-electron chi connectivity index (χ3n) is 0.350. The predicted molar refractivity (Wildman–Crippen MR) is 25.2 cm³/mol. The third-order valence-corrected chi connectivity index (χ3v) is 0.791. The fourth-order valence-electron chi connectivity index (χ4n) is 0.162. The summed E-state index contributed by atoms with van der Waals surface area (Å²) in [6.45, 7) is -1.04. The van der Waals surface area contributed by atoms with Gasteiger partial charge in [-0.25, -0.2) is 9.36 Å². The van der Waals surface area contributed by atoms with Gasteiger partial charge in [0.1, 0.15) is 6.61 Å². The monoisotopic (exact) mass is 246 g/mol. The normalized spacial score (nSPS) is 9.90. The number of rotatable bonds is 2. The molecule has 0 atom stereocenters. The molecule has 0 bridgehead atoms. The number of phosphoric ester groups is 1. The zero-order valence-electron chi connectivity index (χ0n) is 4.72. The van der Waals surface area contributed by atoms with Crippen LogP contribution in [-0.4, -0.2) is 27.5 Å². The van der Waals surface area contributed by atoms with E-state index in [0.717, 1.165) is 0 Å². The van der Waals surface area contributed by atoms with Crippen LogP contribution in [0.3, 0.4) is 0 Å². The van der Waals surface area contributed by atoms with Crippen molar-refractivity contribution in [2.24, 2.45) is 0 Å². The van der Waals surface area contributed by atoms with E-state index in [1.807, 2.05) is 0 Å². The van der Waals surface area contributed by atoms with Crippen molar-refractivity contribution in [3.63, 3.8) is 0 Å². The number of hydrogen-bond acceptors (Lipinski definition) is 4. The second-order valence-corrected chi connectivity index (χ2v) is 2.28. The minimum absolute atomic E-state index is 0. The van der Waals surface area contributed by atoms with E-state index in [1.54, 1.807) is 0 Å². The van der Waals surface area contributed by atoms with Gasteiger partial charge in [-0.15, -0.1) is 0 Å². The first-order valence-corrected chi connectivity index (χ1v) is 3.37. The molecule has 0 unspecified atom stereocenters.